The lowest BCUT2D eigenvalue weighted by Crippen LogP contribution is -2.44. The number of nitrogens with one attached hydrogen (secondary N) is 2. The number of carbonyl (C=O) groups is 2. The van der Waals surface area contributed by atoms with Gasteiger partial charge in [-0.2, -0.15) is 5.26 Å². The second-order valence-electron chi connectivity index (χ2n) is 2.16. The third-order valence-corrected chi connectivity index (χ3v) is 1.17. The molecule has 0 radical (unpaired) electrons. The van der Waals surface area contributed by atoms with Crippen LogP contribution in [0.1, 0.15) is 0 Å². The van der Waals surface area contributed by atoms with Crippen molar-refractivity contribution in [2.24, 2.45) is 5.92 Å². The van der Waals surface area contributed by atoms with Gasteiger partial charge in [-0.05, 0) is 0 Å². The summed E-state index contributed by atoms with van der Waals surface area (Å²) in [6.07, 6.45) is -3.01. The van der Waals surface area contributed by atoms with Gasteiger partial charge in [0.2, 0.25) is 0 Å². The standard InChI is InChI=1S/C6H9N3O4/c7-1-4(2-8-5(10)11)3-9-6(12)13/h4,8-9H,2-3H2,(H,10,11)(H,12,13)/p-2. The fourth-order valence-corrected chi connectivity index (χ4v) is 0.577. The Morgan fingerprint density at radius 1 is 1.23 bits per heavy atom. The Labute approximate surface area is 74.0 Å². The molecule has 0 aliphatic rings. The van der Waals surface area contributed by atoms with Crippen LogP contribution in [-0.4, -0.2) is 25.3 Å². The molecular formula is C6H7N3O4-2. The molecule has 0 spiro atoms. The van der Waals surface area contributed by atoms with E-state index in [2.05, 4.69) is 0 Å². The Morgan fingerprint density at radius 2 is 1.62 bits per heavy atom. The summed E-state index contributed by atoms with van der Waals surface area (Å²) in [5.74, 6) is -0.768. The number of hydrogen-bond acceptors (Lipinski definition) is 5. The molecule has 0 aromatic carbocycles. The SMILES string of the molecule is N#CC(CNC(=O)[O-])CNC(=O)[O-]. The van der Waals surface area contributed by atoms with Gasteiger partial charge in [-0.25, -0.2) is 0 Å². The zero-order chi connectivity index (χ0) is 10.3. The average molecular weight is 185 g/mol. The quantitative estimate of drug-likeness (QED) is 0.482. The van der Waals surface area contributed by atoms with Crippen LogP contribution in [0.5, 0.6) is 0 Å². The van der Waals surface area contributed by atoms with Gasteiger partial charge in [-0.15, -0.1) is 0 Å². The van der Waals surface area contributed by atoms with Crippen molar-refractivity contribution in [1.82, 2.24) is 10.6 Å². The molecule has 0 atom stereocenters. The first kappa shape index (κ1) is 11.0. The first-order valence-corrected chi connectivity index (χ1v) is 3.35. The number of carbonyl (C=O) groups excluding carboxylic acids is 2. The topological polar surface area (TPSA) is 128 Å². The van der Waals surface area contributed by atoms with Crippen LogP contribution in [0.2, 0.25) is 0 Å². The molecule has 0 saturated carbocycles. The minimum atomic E-state index is -1.51. The fourth-order valence-electron chi connectivity index (χ4n) is 0.577. The van der Waals surface area contributed by atoms with Gasteiger partial charge in [-0.1, -0.05) is 0 Å². The van der Waals surface area contributed by atoms with Gasteiger partial charge in [0.1, 0.15) is 12.2 Å². The molecule has 7 nitrogen and oxygen atoms in total. The van der Waals surface area contributed by atoms with E-state index in [1.165, 1.54) is 0 Å². The maximum absolute atomic E-state index is 9.88. The van der Waals surface area contributed by atoms with Crippen molar-refractivity contribution in [2.45, 2.75) is 0 Å². The number of nitriles is 1. The van der Waals surface area contributed by atoms with E-state index in [-0.39, 0.29) is 13.1 Å². The summed E-state index contributed by atoms with van der Waals surface area (Å²) in [5.41, 5.74) is 0. The fraction of sp³-hybridized carbons (Fsp3) is 0.500. The third kappa shape index (κ3) is 6.43. The van der Waals surface area contributed by atoms with Crippen LogP contribution < -0.4 is 20.8 Å². The van der Waals surface area contributed by atoms with Gasteiger partial charge >= 0.3 is 0 Å². The van der Waals surface area contributed by atoms with E-state index >= 15 is 0 Å². The summed E-state index contributed by atoms with van der Waals surface area (Å²) in [4.78, 5) is 19.8. The lowest BCUT2D eigenvalue weighted by Gasteiger charge is -2.13. The summed E-state index contributed by atoms with van der Waals surface area (Å²) < 4.78 is 0. The zero-order valence-corrected chi connectivity index (χ0v) is 6.57. The van der Waals surface area contributed by atoms with Crippen molar-refractivity contribution in [1.29, 1.82) is 5.26 Å². The molecule has 2 amide bonds. The molecule has 0 unspecified atom stereocenters. The molecule has 7 heteroatoms. The smallest absolute Gasteiger partial charge is 0.134 e. The highest BCUT2D eigenvalue weighted by Gasteiger charge is 2.05. The van der Waals surface area contributed by atoms with Crippen molar-refractivity contribution < 1.29 is 19.8 Å². The molecule has 72 valence electrons. The van der Waals surface area contributed by atoms with Crippen LogP contribution in [0.25, 0.3) is 0 Å². The molecule has 0 fully saturated rings. The van der Waals surface area contributed by atoms with Crippen LogP contribution in [0.3, 0.4) is 0 Å². The van der Waals surface area contributed by atoms with Crippen molar-refractivity contribution >= 4 is 12.2 Å². The summed E-state index contributed by atoms with van der Waals surface area (Å²) >= 11 is 0. The molecule has 0 bridgehead atoms. The molecule has 0 rings (SSSR count). The first-order valence-electron chi connectivity index (χ1n) is 3.35. The Hall–Kier alpha value is -1.97. The Balaban J connectivity index is 3.71. The first-order chi connectivity index (χ1) is 6.06. The summed E-state index contributed by atoms with van der Waals surface area (Å²) in [6, 6.07) is 1.71. The lowest BCUT2D eigenvalue weighted by atomic mass is 10.2. The maximum Gasteiger partial charge on any atom is 0.134 e. The average Bonchev–Trinajstić information content (AvgIpc) is 2.04. The minimum absolute atomic E-state index is 0.181. The van der Waals surface area contributed by atoms with E-state index in [1.54, 1.807) is 6.07 Å². The molecule has 0 aromatic rings. The number of hydrogen-bond donors (Lipinski definition) is 2. The molecule has 13 heavy (non-hydrogen) atoms. The van der Waals surface area contributed by atoms with Crippen molar-refractivity contribution in [2.75, 3.05) is 13.1 Å². The maximum atomic E-state index is 9.88. The highest BCUT2D eigenvalue weighted by atomic mass is 16.4. The van der Waals surface area contributed by atoms with Crippen LogP contribution >= 0.6 is 0 Å². The lowest BCUT2D eigenvalue weighted by molar-refractivity contribution is -0.251. The van der Waals surface area contributed by atoms with Gasteiger partial charge < -0.3 is 30.4 Å². The number of amides is 2. The van der Waals surface area contributed by atoms with Crippen LogP contribution in [0.15, 0.2) is 0 Å². The van der Waals surface area contributed by atoms with Crippen molar-refractivity contribution in [3.63, 3.8) is 0 Å². The summed E-state index contributed by atoms with van der Waals surface area (Å²) in [5, 5.41) is 31.8. The molecular weight excluding hydrogens is 178 g/mol. The van der Waals surface area contributed by atoms with E-state index in [1.807, 2.05) is 10.6 Å². The van der Waals surface area contributed by atoms with Gasteiger partial charge in [0, 0.05) is 13.1 Å². The van der Waals surface area contributed by atoms with E-state index in [0.717, 1.165) is 0 Å². The normalized spacial score (nSPS) is 8.92. The molecule has 0 aliphatic carbocycles. The third-order valence-electron chi connectivity index (χ3n) is 1.17. The molecule has 2 N–H and O–H groups in total. The second kappa shape index (κ2) is 5.65. The molecule has 0 aliphatic heterocycles. The van der Waals surface area contributed by atoms with Crippen molar-refractivity contribution in [3.8, 4) is 6.07 Å². The number of carboxylic acid groups (broad SMARTS) is 2. The largest absolute Gasteiger partial charge is 0.530 e. The predicted octanol–water partition coefficient (Wildman–Crippen LogP) is -3.01. The van der Waals surface area contributed by atoms with Crippen LogP contribution in [0, 0.1) is 17.2 Å². The molecule has 0 aromatic heterocycles. The van der Waals surface area contributed by atoms with Gasteiger partial charge in [-0.3, -0.25) is 0 Å². The second-order valence-corrected chi connectivity index (χ2v) is 2.16. The van der Waals surface area contributed by atoms with E-state index in [9.17, 15) is 19.8 Å². The summed E-state index contributed by atoms with van der Waals surface area (Å²) in [6.45, 7) is -0.363. The minimum Gasteiger partial charge on any atom is -0.530 e. The van der Waals surface area contributed by atoms with Gasteiger partial charge in [0.05, 0.1) is 12.0 Å². The zero-order valence-electron chi connectivity index (χ0n) is 6.57. The highest BCUT2D eigenvalue weighted by Crippen LogP contribution is 1.88. The number of nitrogens with zero attached hydrogens (tertiary/aromatic N) is 1. The van der Waals surface area contributed by atoms with E-state index in [0.29, 0.717) is 0 Å². The van der Waals surface area contributed by atoms with Crippen LogP contribution in [0.4, 0.5) is 9.59 Å². The Kier molecular flexibility index (Phi) is 4.79. The monoisotopic (exact) mass is 185 g/mol. The van der Waals surface area contributed by atoms with Crippen LogP contribution in [-0.2, 0) is 0 Å². The highest BCUT2D eigenvalue weighted by molar-refractivity contribution is 5.62. The van der Waals surface area contributed by atoms with Gasteiger partial charge in [0.25, 0.3) is 0 Å². The van der Waals surface area contributed by atoms with Gasteiger partial charge in [0.15, 0.2) is 0 Å². The Bertz CT molecular complexity index is 217. The predicted molar refractivity (Wildman–Crippen MR) is 35.9 cm³/mol. The molecule has 0 saturated heterocycles. The Morgan fingerprint density at radius 3 is 1.85 bits per heavy atom. The van der Waals surface area contributed by atoms with E-state index in [4.69, 9.17) is 5.26 Å². The number of rotatable bonds is 4. The van der Waals surface area contributed by atoms with Crippen molar-refractivity contribution in [3.05, 3.63) is 0 Å². The van der Waals surface area contributed by atoms with E-state index < -0.39 is 18.1 Å². The summed E-state index contributed by atoms with van der Waals surface area (Å²) in [7, 11) is 0. The molecule has 0 heterocycles.